The van der Waals surface area contributed by atoms with Gasteiger partial charge in [-0.25, -0.2) is 0 Å². The minimum absolute atomic E-state index is 0.828. The van der Waals surface area contributed by atoms with Crippen LogP contribution in [0.1, 0.15) is 6.42 Å². The minimum atomic E-state index is 0.828. The van der Waals surface area contributed by atoms with Gasteiger partial charge >= 0.3 is 56.7 Å². The van der Waals surface area contributed by atoms with Crippen LogP contribution in [0.3, 0.4) is 0 Å². The SMILES string of the molecule is [CH2-]C/C([CH2-])=C\[CH]=[Ta]. The molecule has 0 rings (SSSR count). The molecule has 0 bridgehead atoms. The quantitative estimate of drug-likeness (QED) is 0.658. The van der Waals surface area contributed by atoms with Gasteiger partial charge in [0.1, 0.15) is 0 Å². The van der Waals surface area contributed by atoms with E-state index in [0.717, 1.165) is 12.0 Å². The summed E-state index contributed by atoms with van der Waals surface area (Å²) in [4.78, 5) is 0. The van der Waals surface area contributed by atoms with E-state index in [1.165, 1.54) is 20.6 Å². The molecule has 0 amide bonds. The molecule has 0 aliphatic rings. The number of hydrogen-bond donors (Lipinski definition) is 0. The van der Waals surface area contributed by atoms with Crippen molar-refractivity contribution in [2.75, 3.05) is 0 Å². The number of allylic oxidation sites excluding steroid dienone is 2. The van der Waals surface area contributed by atoms with Gasteiger partial charge in [-0.3, -0.25) is 0 Å². The average molecular weight is 261 g/mol. The molecular weight excluding hydrogens is 253 g/mol. The molecule has 0 aromatic carbocycles. The van der Waals surface area contributed by atoms with Gasteiger partial charge in [0.2, 0.25) is 0 Å². The molecule has 0 saturated carbocycles. The van der Waals surface area contributed by atoms with Gasteiger partial charge in [-0.15, -0.1) is 0 Å². The third kappa shape index (κ3) is 4.07. The Bertz CT molecular complexity index is 82.2. The standard InChI is InChI=1S/C6H8.Ta/c1-4-6(3)5-2;/h1,4H,2-3,5H2;/q-2;/b6-4-;. The predicted molar refractivity (Wildman–Crippen MR) is 29.5 cm³/mol. The second-order valence-electron chi connectivity index (χ2n) is 1.22. The van der Waals surface area contributed by atoms with E-state index in [0.29, 0.717) is 0 Å². The van der Waals surface area contributed by atoms with E-state index in [9.17, 15) is 0 Å². The van der Waals surface area contributed by atoms with E-state index in [4.69, 9.17) is 0 Å². The molecule has 0 N–H and O–H groups in total. The monoisotopic (exact) mass is 261 g/mol. The zero-order chi connectivity index (χ0) is 5.70. The van der Waals surface area contributed by atoms with Crippen molar-refractivity contribution in [1.29, 1.82) is 0 Å². The van der Waals surface area contributed by atoms with Crippen LogP contribution in [0.2, 0.25) is 0 Å². The second kappa shape index (κ2) is 4.38. The van der Waals surface area contributed by atoms with Gasteiger partial charge in [0.25, 0.3) is 0 Å². The Balaban J connectivity index is 3.49. The zero-order valence-electron chi connectivity index (χ0n) is 4.22. The van der Waals surface area contributed by atoms with Crippen molar-refractivity contribution >= 4 is 4.23 Å². The van der Waals surface area contributed by atoms with Crippen LogP contribution >= 0.6 is 0 Å². The summed E-state index contributed by atoms with van der Waals surface area (Å²) < 4.78 is 2.08. The van der Waals surface area contributed by atoms with Crippen molar-refractivity contribution < 1.29 is 20.6 Å². The molecule has 0 aromatic heterocycles. The zero-order valence-corrected chi connectivity index (χ0v) is 7.44. The summed E-state index contributed by atoms with van der Waals surface area (Å²) in [5.41, 5.74) is 1.11. The molecule has 0 fully saturated rings. The second-order valence-corrected chi connectivity index (χ2v) is 2.30. The van der Waals surface area contributed by atoms with Crippen LogP contribution in [-0.4, -0.2) is 4.23 Å². The van der Waals surface area contributed by atoms with Gasteiger partial charge in [-0.1, -0.05) is 0 Å². The molecular formula is C6H8Ta-2. The molecule has 7 heavy (non-hydrogen) atoms. The predicted octanol–water partition coefficient (Wildman–Crippen LogP) is 1.32. The van der Waals surface area contributed by atoms with Gasteiger partial charge in [0.15, 0.2) is 0 Å². The van der Waals surface area contributed by atoms with Crippen molar-refractivity contribution in [2.24, 2.45) is 0 Å². The third-order valence-corrected chi connectivity index (χ3v) is 1.17. The first-order valence-electron chi connectivity index (χ1n) is 2.09. The van der Waals surface area contributed by atoms with Crippen molar-refractivity contribution in [3.05, 3.63) is 25.5 Å². The van der Waals surface area contributed by atoms with Crippen LogP contribution < -0.4 is 0 Å². The molecule has 39 valence electrons. The topological polar surface area (TPSA) is 0 Å². The molecule has 0 atom stereocenters. The normalized spacial score (nSPS) is 11.1. The van der Waals surface area contributed by atoms with Gasteiger partial charge < -0.3 is 0 Å². The van der Waals surface area contributed by atoms with Crippen LogP contribution in [0.15, 0.2) is 11.6 Å². The maximum absolute atomic E-state index is 3.73. The third-order valence-electron chi connectivity index (χ3n) is 0.631. The molecule has 0 unspecified atom stereocenters. The number of rotatable bonds is 2. The first-order valence-corrected chi connectivity index (χ1v) is 3.94. The Kier molecular flexibility index (Phi) is 4.52. The first kappa shape index (κ1) is 7.22. The van der Waals surface area contributed by atoms with Crippen molar-refractivity contribution in [1.82, 2.24) is 0 Å². The van der Waals surface area contributed by atoms with Crippen LogP contribution in [-0.2, 0) is 20.6 Å². The molecule has 0 aromatic rings. The van der Waals surface area contributed by atoms with E-state index in [1.54, 1.807) is 0 Å². The molecule has 0 heterocycles. The van der Waals surface area contributed by atoms with Gasteiger partial charge in [0, 0.05) is 0 Å². The fourth-order valence-electron chi connectivity index (χ4n) is 0.189. The van der Waals surface area contributed by atoms with Crippen molar-refractivity contribution in [3.63, 3.8) is 0 Å². The summed E-state index contributed by atoms with van der Waals surface area (Å²) in [5.74, 6) is 0. The molecule has 0 nitrogen and oxygen atoms in total. The van der Waals surface area contributed by atoms with E-state index in [-0.39, 0.29) is 0 Å². The Morgan fingerprint density at radius 2 is 2.29 bits per heavy atom. The molecule has 0 spiro atoms. The fourth-order valence-corrected chi connectivity index (χ4v) is 0.946. The molecule has 1 heteroatoms. The fraction of sp³-hybridized carbons (Fsp3) is 0.167. The molecule has 0 aliphatic carbocycles. The van der Waals surface area contributed by atoms with E-state index in [1.807, 2.05) is 6.08 Å². The average Bonchev–Trinajstić information content (AvgIpc) is 1.68. The molecule has 0 saturated heterocycles. The summed E-state index contributed by atoms with van der Waals surface area (Å²) in [5, 5.41) is 0. The van der Waals surface area contributed by atoms with E-state index < -0.39 is 0 Å². The van der Waals surface area contributed by atoms with Gasteiger partial charge in [-0.2, -0.15) is 0 Å². The van der Waals surface area contributed by atoms with Gasteiger partial charge in [0.05, 0.1) is 0 Å². The summed E-state index contributed by atoms with van der Waals surface area (Å²) in [6.45, 7) is 7.40. The Hall–Kier alpha value is 0.220. The van der Waals surface area contributed by atoms with E-state index >= 15 is 0 Å². The van der Waals surface area contributed by atoms with Crippen LogP contribution in [0.5, 0.6) is 0 Å². The van der Waals surface area contributed by atoms with Crippen molar-refractivity contribution in [2.45, 2.75) is 6.42 Å². The summed E-state index contributed by atoms with van der Waals surface area (Å²) >= 11 is 1.29. The Morgan fingerprint density at radius 3 is 2.43 bits per heavy atom. The Morgan fingerprint density at radius 1 is 1.71 bits per heavy atom. The number of hydrogen-bond acceptors (Lipinski definition) is 0. The van der Waals surface area contributed by atoms with Crippen LogP contribution in [0.4, 0.5) is 0 Å². The molecule has 0 aliphatic heterocycles. The Labute approximate surface area is 57.0 Å². The summed E-state index contributed by atoms with van der Waals surface area (Å²) in [7, 11) is 0. The summed E-state index contributed by atoms with van der Waals surface area (Å²) in [6.07, 6.45) is 2.84. The maximum atomic E-state index is 3.73. The van der Waals surface area contributed by atoms with E-state index in [2.05, 4.69) is 18.1 Å². The van der Waals surface area contributed by atoms with Crippen LogP contribution in [0.25, 0.3) is 0 Å². The van der Waals surface area contributed by atoms with Crippen molar-refractivity contribution in [3.8, 4) is 0 Å². The summed E-state index contributed by atoms with van der Waals surface area (Å²) in [6, 6.07) is 0. The first-order chi connectivity index (χ1) is 3.31. The van der Waals surface area contributed by atoms with Crippen LogP contribution in [0, 0.1) is 13.8 Å². The van der Waals surface area contributed by atoms with Gasteiger partial charge in [-0.05, 0) is 0 Å². The molecule has 0 radical (unpaired) electrons.